The largest absolute Gasteiger partial charge is 0.502 e. The van der Waals surface area contributed by atoms with Gasteiger partial charge in [0.2, 0.25) is 5.43 Å². The number of hydrogen-bond acceptors (Lipinski definition) is 4. The van der Waals surface area contributed by atoms with Crippen LogP contribution in [0.4, 0.5) is 13.2 Å². The summed E-state index contributed by atoms with van der Waals surface area (Å²) in [5, 5.41) is 12.2. The fourth-order valence-electron chi connectivity index (χ4n) is 3.88. The predicted octanol–water partition coefficient (Wildman–Crippen LogP) is 4.30. The number of hydrogen-bond donors (Lipinski definition) is 1. The molecule has 2 unspecified atom stereocenters. The number of nitrogens with zero attached hydrogens (tertiary/aromatic N) is 3. The van der Waals surface area contributed by atoms with E-state index in [9.17, 15) is 27.9 Å². The van der Waals surface area contributed by atoms with Crippen LogP contribution >= 0.6 is 11.6 Å². The molecule has 10 heteroatoms. The van der Waals surface area contributed by atoms with E-state index in [2.05, 4.69) is 0 Å². The third kappa shape index (κ3) is 4.04. The minimum atomic E-state index is -4.72. The number of aromatic nitrogens is 1. The number of halogens is 4. The smallest absolute Gasteiger partial charge is 0.408 e. The zero-order valence-corrected chi connectivity index (χ0v) is 18.1. The Morgan fingerprint density at radius 1 is 1.00 bits per heavy atom. The van der Waals surface area contributed by atoms with Gasteiger partial charge in [-0.1, -0.05) is 60.1 Å². The standard InChI is InChI=1S/C23H19ClF3N3O3/c1-14(23(25,26)27)28-13-30(29-12-11-18(31)21(32)20(29)22(28)33)19(15-7-3-2-4-8-15)16-9-5-6-10-17(16)24/h2-12,14,19,32H,13H2,1H3. The maximum atomic E-state index is 13.6. The van der Waals surface area contributed by atoms with Crippen LogP contribution in [0.2, 0.25) is 5.02 Å². The highest BCUT2D eigenvalue weighted by Crippen LogP contribution is 2.37. The van der Waals surface area contributed by atoms with Gasteiger partial charge in [0.05, 0.1) is 6.04 Å². The van der Waals surface area contributed by atoms with Gasteiger partial charge in [-0.15, -0.1) is 0 Å². The lowest BCUT2D eigenvalue weighted by atomic mass is 9.97. The molecule has 1 aliphatic heterocycles. The molecule has 33 heavy (non-hydrogen) atoms. The van der Waals surface area contributed by atoms with E-state index in [4.69, 9.17) is 11.6 Å². The number of fused-ring (bicyclic) bond motifs is 1. The first-order valence-corrected chi connectivity index (χ1v) is 10.4. The van der Waals surface area contributed by atoms with Crippen molar-refractivity contribution in [1.82, 2.24) is 9.58 Å². The summed E-state index contributed by atoms with van der Waals surface area (Å²) in [6, 6.07) is 13.9. The molecule has 2 atom stereocenters. The Hall–Kier alpha value is -3.46. The van der Waals surface area contributed by atoms with E-state index in [1.165, 1.54) is 15.9 Å². The molecule has 0 spiro atoms. The maximum Gasteiger partial charge on any atom is 0.408 e. The van der Waals surface area contributed by atoms with Crippen molar-refractivity contribution in [2.75, 3.05) is 11.7 Å². The van der Waals surface area contributed by atoms with Crippen LogP contribution in [0.3, 0.4) is 0 Å². The highest BCUT2D eigenvalue weighted by molar-refractivity contribution is 6.31. The van der Waals surface area contributed by atoms with Crippen molar-refractivity contribution in [3.05, 3.63) is 98.9 Å². The lowest BCUT2D eigenvalue weighted by Crippen LogP contribution is -2.60. The zero-order chi connectivity index (χ0) is 23.9. The molecule has 0 fully saturated rings. The normalized spacial score (nSPS) is 15.8. The number of alkyl halides is 3. The van der Waals surface area contributed by atoms with Gasteiger partial charge in [-0.05, 0) is 24.1 Å². The van der Waals surface area contributed by atoms with Crippen LogP contribution in [0.5, 0.6) is 5.75 Å². The topological polar surface area (TPSA) is 65.8 Å². The summed E-state index contributed by atoms with van der Waals surface area (Å²) < 4.78 is 42.1. The van der Waals surface area contributed by atoms with Gasteiger partial charge >= 0.3 is 6.18 Å². The molecule has 4 rings (SSSR count). The van der Waals surface area contributed by atoms with E-state index in [0.29, 0.717) is 21.0 Å². The van der Waals surface area contributed by atoms with Crippen molar-refractivity contribution >= 4 is 17.5 Å². The Labute approximate surface area is 192 Å². The molecular weight excluding hydrogens is 459 g/mol. The first-order valence-electron chi connectivity index (χ1n) is 10.00. The van der Waals surface area contributed by atoms with Crippen molar-refractivity contribution in [2.24, 2.45) is 0 Å². The Kier molecular flexibility index (Phi) is 5.84. The number of pyridine rings is 1. The summed E-state index contributed by atoms with van der Waals surface area (Å²) in [5.74, 6) is -2.02. The van der Waals surface area contributed by atoms with E-state index >= 15 is 0 Å². The van der Waals surface area contributed by atoms with Crippen molar-refractivity contribution in [3.63, 3.8) is 0 Å². The van der Waals surface area contributed by atoms with Gasteiger partial charge < -0.3 is 10.0 Å². The second-order valence-electron chi connectivity index (χ2n) is 7.63. The molecule has 0 radical (unpaired) electrons. The quantitative estimate of drug-likeness (QED) is 0.608. The third-order valence-corrected chi connectivity index (χ3v) is 5.99. The van der Waals surface area contributed by atoms with Gasteiger partial charge in [0.25, 0.3) is 5.91 Å². The molecule has 2 aromatic carbocycles. The van der Waals surface area contributed by atoms with Crippen LogP contribution in [-0.4, -0.2) is 39.5 Å². The molecule has 3 aromatic rings. The number of rotatable bonds is 4. The first-order chi connectivity index (χ1) is 15.6. The van der Waals surface area contributed by atoms with Crippen LogP contribution < -0.4 is 10.4 Å². The Bertz CT molecular complexity index is 1250. The maximum absolute atomic E-state index is 13.6. The summed E-state index contributed by atoms with van der Waals surface area (Å²) >= 11 is 6.48. The summed E-state index contributed by atoms with van der Waals surface area (Å²) in [7, 11) is 0. The number of carbonyl (C=O) groups is 1. The fourth-order valence-corrected chi connectivity index (χ4v) is 4.12. The van der Waals surface area contributed by atoms with Crippen LogP contribution in [0.25, 0.3) is 0 Å². The third-order valence-electron chi connectivity index (χ3n) is 5.65. The molecule has 0 aliphatic carbocycles. The number of amides is 1. The van der Waals surface area contributed by atoms with Crippen molar-refractivity contribution < 1.29 is 23.1 Å². The molecular formula is C23H19ClF3N3O3. The Balaban J connectivity index is 1.98. The molecule has 172 valence electrons. The lowest BCUT2D eigenvalue weighted by molar-refractivity contribution is -0.173. The van der Waals surface area contributed by atoms with E-state index in [1.807, 2.05) is 0 Å². The Morgan fingerprint density at radius 2 is 1.64 bits per heavy atom. The minimum absolute atomic E-state index is 0.366. The van der Waals surface area contributed by atoms with Crippen molar-refractivity contribution in [3.8, 4) is 5.75 Å². The number of benzene rings is 2. The second-order valence-corrected chi connectivity index (χ2v) is 8.04. The molecule has 0 saturated carbocycles. The molecule has 2 heterocycles. The summed E-state index contributed by atoms with van der Waals surface area (Å²) in [5.41, 5.74) is -0.157. The second kappa shape index (κ2) is 8.47. The van der Waals surface area contributed by atoms with E-state index in [1.54, 1.807) is 54.6 Å². The summed E-state index contributed by atoms with van der Waals surface area (Å²) in [4.78, 5) is 25.7. The highest BCUT2D eigenvalue weighted by atomic mass is 35.5. The zero-order valence-electron chi connectivity index (χ0n) is 17.3. The van der Waals surface area contributed by atoms with Gasteiger partial charge in [-0.25, -0.2) is 0 Å². The predicted molar refractivity (Wildman–Crippen MR) is 117 cm³/mol. The monoisotopic (exact) mass is 477 g/mol. The van der Waals surface area contributed by atoms with Crippen molar-refractivity contribution in [1.29, 1.82) is 0 Å². The minimum Gasteiger partial charge on any atom is -0.502 e. The van der Waals surface area contributed by atoms with E-state index in [-0.39, 0.29) is 0 Å². The molecule has 1 amide bonds. The van der Waals surface area contributed by atoms with Gasteiger partial charge in [-0.2, -0.15) is 13.2 Å². The van der Waals surface area contributed by atoms with Gasteiger partial charge in [0.15, 0.2) is 11.4 Å². The molecule has 1 aliphatic rings. The van der Waals surface area contributed by atoms with Crippen LogP contribution in [0, 0.1) is 0 Å². The molecule has 0 bridgehead atoms. The van der Waals surface area contributed by atoms with Gasteiger partial charge in [0, 0.05) is 17.3 Å². The average molecular weight is 478 g/mol. The molecule has 1 N–H and O–H groups in total. The molecule has 6 nitrogen and oxygen atoms in total. The van der Waals surface area contributed by atoms with Crippen molar-refractivity contribution in [2.45, 2.75) is 25.2 Å². The van der Waals surface area contributed by atoms with Gasteiger partial charge in [0.1, 0.15) is 12.7 Å². The Morgan fingerprint density at radius 3 is 2.27 bits per heavy atom. The summed E-state index contributed by atoms with van der Waals surface area (Å²) in [6.07, 6.45) is -3.46. The molecule has 0 saturated heterocycles. The van der Waals surface area contributed by atoms with E-state index < -0.39 is 47.7 Å². The van der Waals surface area contributed by atoms with Crippen LogP contribution in [0.15, 0.2) is 71.7 Å². The molecule has 1 aromatic heterocycles. The highest BCUT2D eigenvalue weighted by Gasteiger charge is 2.47. The summed E-state index contributed by atoms with van der Waals surface area (Å²) in [6.45, 7) is 0.385. The fraction of sp³-hybridized carbons (Fsp3) is 0.217. The van der Waals surface area contributed by atoms with E-state index in [0.717, 1.165) is 13.0 Å². The van der Waals surface area contributed by atoms with Crippen LogP contribution in [-0.2, 0) is 0 Å². The lowest BCUT2D eigenvalue weighted by Gasteiger charge is -2.46. The average Bonchev–Trinajstić information content (AvgIpc) is 2.78. The first kappa shape index (κ1) is 22.7. The number of aromatic hydroxyl groups is 1. The SMILES string of the molecule is CC(N1CN(C(c2ccccc2)c2ccccc2Cl)n2ccc(=O)c(O)c2C1=O)C(F)(F)F. The van der Waals surface area contributed by atoms with Gasteiger partial charge in [-0.3, -0.25) is 19.3 Å². The number of carbonyl (C=O) groups excluding carboxylic acids is 1. The van der Waals surface area contributed by atoms with Crippen LogP contribution in [0.1, 0.15) is 34.6 Å².